The molecule has 0 spiro atoms. The number of hydrogen-bond acceptors (Lipinski definition) is 6. The molecule has 0 atom stereocenters. The zero-order valence-electron chi connectivity index (χ0n) is 16.5. The lowest BCUT2D eigenvalue weighted by molar-refractivity contribution is -0.116. The molecule has 7 heteroatoms. The Morgan fingerprint density at radius 3 is 2.17 bits per heavy atom. The molecule has 5 nitrogen and oxygen atoms in total. The zero-order valence-corrected chi connectivity index (χ0v) is 18.2. The van der Waals surface area contributed by atoms with Crippen molar-refractivity contribution < 1.29 is 14.3 Å². The van der Waals surface area contributed by atoms with Gasteiger partial charge in [0, 0.05) is 0 Å². The first-order valence-corrected chi connectivity index (χ1v) is 11.0. The van der Waals surface area contributed by atoms with Crippen LogP contribution < -0.4 is 5.32 Å². The molecule has 152 valence electrons. The SMILES string of the molecule is CCOC(=O)c1sc(NC(=O)C(c2ccccc2)c2ccccc2)c(SC#N)c1C. The molecule has 3 rings (SSSR count). The molecule has 0 radical (unpaired) electrons. The van der Waals surface area contributed by atoms with Crippen LogP contribution in [0.25, 0.3) is 0 Å². The van der Waals surface area contributed by atoms with E-state index >= 15 is 0 Å². The minimum Gasteiger partial charge on any atom is -0.462 e. The van der Waals surface area contributed by atoms with Crippen LogP contribution in [0, 0.1) is 17.6 Å². The van der Waals surface area contributed by atoms with Gasteiger partial charge in [-0.3, -0.25) is 4.79 Å². The number of anilines is 1. The van der Waals surface area contributed by atoms with Crippen LogP contribution >= 0.6 is 23.1 Å². The first-order valence-electron chi connectivity index (χ1n) is 9.34. The van der Waals surface area contributed by atoms with Crippen molar-refractivity contribution in [3.8, 4) is 5.40 Å². The van der Waals surface area contributed by atoms with E-state index in [1.54, 1.807) is 13.8 Å². The first kappa shape index (κ1) is 21.6. The molecule has 0 fully saturated rings. The Balaban J connectivity index is 1.99. The minimum absolute atomic E-state index is 0.233. The third kappa shape index (κ3) is 4.73. The van der Waals surface area contributed by atoms with Gasteiger partial charge in [0.1, 0.15) is 15.3 Å². The van der Waals surface area contributed by atoms with Gasteiger partial charge >= 0.3 is 5.97 Å². The number of nitriles is 1. The third-order valence-electron chi connectivity index (χ3n) is 4.46. The summed E-state index contributed by atoms with van der Waals surface area (Å²) in [4.78, 5) is 26.6. The van der Waals surface area contributed by atoms with Crippen LogP contribution in [0.5, 0.6) is 0 Å². The molecule has 1 amide bonds. The van der Waals surface area contributed by atoms with Crippen molar-refractivity contribution in [1.29, 1.82) is 5.26 Å². The standard InChI is InChI=1S/C23H20N2O3S2/c1-3-28-23(27)20-15(2)19(29-14-24)22(30-20)25-21(26)18(16-10-6-4-7-11-16)17-12-8-5-9-13-17/h4-13,18H,3H2,1-2H3,(H,25,26). The Morgan fingerprint density at radius 2 is 1.67 bits per heavy atom. The Bertz CT molecular complexity index is 1030. The number of nitrogens with zero attached hydrogens (tertiary/aromatic N) is 1. The fourth-order valence-corrected chi connectivity index (χ4v) is 4.91. The molecule has 0 aliphatic rings. The van der Waals surface area contributed by atoms with Gasteiger partial charge in [0.05, 0.1) is 17.4 Å². The van der Waals surface area contributed by atoms with Crippen LogP contribution in [-0.4, -0.2) is 18.5 Å². The lowest BCUT2D eigenvalue weighted by Gasteiger charge is -2.17. The Morgan fingerprint density at radius 1 is 1.10 bits per heavy atom. The second kappa shape index (κ2) is 10.1. The van der Waals surface area contributed by atoms with Gasteiger partial charge in [0.2, 0.25) is 5.91 Å². The molecular formula is C23H20N2O3S2. The van der Waals surface area contributed by atoms with E-state index in [1.807, 2.05) is 66.1 Å². The van der Waals surface area contributed by atoms with Crippen molar-refractivity contribution in [2.45, 2.75) is 24.7 Å². The fourth-order valence-electron chi connectivity index (χ4n) is 3.11. The number of thiocyanates is 1. The zero-order chi connectivity index (χ0) is 21.5. The molecule has 0 bridgehead atoms. The average molecular weight is 437 g/mol. The Kier molecular flexibility index (Phi) is 7.28. The highest BCUT2D eigenvalue weighted by Gasteiger charge is 2.27. The number of ether oxygens (including phenoxy) is 1. The number of carbonyl (C=O) groups is 2. The van der Waals surface area contributed by atoms with E-state index in [2.05, 4.69) is 5.32 Å². The van der Waals surface area contributed by atoms with Crippen molar-refractivity contribution in [2.75, 3.05) is 11.9 Å². The van der Waals surface area contributed by atoms with Gasteiger partial charge < -0.3 is 10.1 Å². The van der Waals surface area contributed by atoms with Gasteiger partial charge in [-0.25, -0.2) is 4.79 Å². The van der Waals surface area contributed by atoms with E-state index in [1.165, 1.54) is 0 Å². The van der Waals surface area contributed by atoms with E-state index in [4.69, 9.17) is 4.74 Å². The highest BCUT2D eigenvalue weighted by atomic mass is 32.2. The summed E-state index contributed by atoms with van der Waals surface area (Å²) in [5, 5.41) is 14.7. The molecule has 0 saturated carbocycles. The number of thioether (sulfide) groups is 1. The van der Waals surface area contributed by atoms with E-state index < -0.39 is 11.9 Å². The summed E-state index contributed by atoms with van der Waals surface area (Å²) in [5.74, 6) is -1.22. The molecule has 0 saturated heterocycles. The van der Waals surface area contributed by atoms with Crippen LogP contribution in [0.4, 0.5) is 5.00 Å². The number of esters is 1. The van der Waals surface area contributed by atoms with E-state index in [0.29, 0.717) is 20.3 Å². The van der Waals surface area contributed by atoms with Gasteiger partial charge in [-0.1, -0.05) is 60.7 Å². The molecule has 0 aliphatic heterocycles. The summed E-state index contributed by atoms with van der Waals surface area (Å²) in [6.45, 7) is 3.74. The Hall–Kier alpha value is -3.08. The summed E-state index contributed by atoms with van der Waals surface area (Å²) in [5.41, 5.74) is 2.35. The minimum atomic E-state index is -0.527. The van der Waals surface area contributed by atoms with Gasteiger partial charge in [0.15, 0.2) is 0 Å². The molecular weight excluding hydrogens is 416 g/mol. The maximum absolute atomic E-state index is 13.4. The average Bonchev–Trinajstić information content (AvgIpc) is 3.06. The molecule has 2 aromatic carbocycles. The summed E-state index contributed by atoms with van der Waals surface area (Å²) in [6.07, 6.45) is 0. The number of rotatable bonds is 7. The van der Waals surface area contributed by atoms with Crippen molar-refractivity contribution in [1.82, 2.24) is 0 Å². The number of amides is 1. The largest absolute Gasteiger partial charge is 0.462 e. The molecule has 1 heterocycles. The number of benzene rings is 2. The summed E-state index contributed by atoms with van der Waals surface area (Å²) in [7, 11) is 0. The summed E-state index contributed by atoms with van der Waals surface area (Å²) >= 11 is 2.06. The van der Waals surface area contributed by atoms with Crippen molar-refractivity contribution >= 4 is 40.0 Å². The van der Waals surface area contributed by atoms with Crippen molar-refractivity contribution in [3.63, 3.8) is 0 Å². The van der Waals surface area contributed by atoms with Crippen LogP contribution in [0.1, 0.15) is 39.2 Å². The van der Waals surface area contributed by atoms with Gasteiger partial charge in [-0.05, 0) is 42.3 Å². The number of thiophene rings is 1. The Labute approximate surface area is 183 Å². The number of nitrogens with one attached hydrogen (secondary N) is 1. The van der Waals surface area contributed by atoms with Crippen LogP contribution in [0.15, 0.2) is 65.6 Å². The maximum Gasteiger partial charge on any atom is 0.348 e. The molecule has 0 unspecified atom stereocenters. The predicted molar refractivity (Wildman–Crippen MR) is 120 cm³/mol. The van der Waals surface area contributed by atoms with E-state index in [-0.39, 0.29) is 12.5 Å². The van der Waals surface area contributed by atoms with Crippen molar-refractivity contribution in [2.24, 2.45) is 0 Å². The van der Waals surface area contributed by atoms with Gasteiger partial charge in [-0.2, -0.15) is 5.26 Å². The molecule has 1 aromatic heterocycles. The monoisotopic (exact) mass is 436 g/mol. The van der Waals surface area contributed by atoms with Crippen LogP contribution in [0.2, 0.25) is 0 Å². The third-order valence-corrected chi connectivity index (χ3v) is 6.59. The topological polar surface area (TPSA) is 79.2 Å². The van der Waals surface area contributed by atoms with Crippen LogP contribution in [-0.2, 0) is 9.53 Å². The van der Waals surface area contributed by atoms with Gasteiger partial charge in [0.25, 0.3) is 0 Å². The summed E-state index contributed by atoms with van der Waals surface area (Å²) in [6, 6.07) is 19.0. The second-order valence-electron chi connectivity index (χ2n) is 6.37. The highest BCUT2D eigenvalue weighted by Crippen LogP contribution is 2.41. The molecule has 30 heavy (non-hydrogen) atoms. The molecule has 3 aromatic rings. The predicted octanol–water partition coefficient (Wildman–Crippen LogP) is 5.58. The fraction of sp³-hybridized carbons (Fsp3) is 0.174. The molecule has 0 aliphatic carbocycles. The molecule has 1 N–H and O–H groups in total. The summed E-state index contributed by atoms with van der Waals surface area (Å²) < 4.78 is 5.11. The van der Waals surface area contributed by atoms with E-state index in [0.717, 1.165) is 34.2 Å². The quantitative estimate of drug-likeness (QED) is 0.297. The van der Waals surface area contributed by atoms with E-state index in [9.17, 15) is 14.9 Å². The van der Waals surface area contributed by atoms with Crippen LogP contribution in [0.3, 0.4) is 0 Å². The van der Waals surface area contributed by atoms with Gasteiger partial charge in [-0.15, -0.1) is 11.3 Å². The number of carbonyl (C=O) groups excluding carboxylic acids is 2. The lowest BCUT2D eigenvalue weighted by atomic mass is 9.90. The smallest absolute Gasteiger partial charge is 0.348 e. The second-order valence-corrected chi connectivity index (χ2v) is 8.19. The normalized spacial score (nSPS) is 10.5. The highest BCUT2D eigenvalue weighted by molar-refractivity contribution is 8.04. The van der Waals surface area contributed by atoms with Crippen molar-refractivity contribution in [3.05, 3.63) is 82.2 Å². The number of hydrogen-bond donors (Lipinski definition) is 1. The first-order chi connectivity index (χ1) is 14.6. The maximum atomic E-state index is 13.4. The lowest BCUT2D eigenvalue weighted by Crippen LogP contribution is -2.22.